The fourth-order valence-corrected chi connectivity index (χ4v) is 2.51. The predicted octanol–water partition coefficient (Wildman–Crippen LogP) is 2.73. The molecule has 0 aliphatic heterocycles. The van der Waals surface area contributed by atoms with Crippen molar-refractivity contribution in [2.45, 2.75) is 0 Å². The summed E-state index contributed by atoms with van der Waals surface area (Å²) < 4.78 is 0. The lowest BCUT2D eigenvalue weighted by Crippen LogP contribution is -2.33. The molecule has 4 N–H and O–H groups in total. The lowest BCUT2D eigenvalue weighted by molar-refractivity contribution is -0.136. The van der Waals surface area contributed by atoms with E-state index in [0.717, 1.165) is 0 Å². The number of hydrogen-bond donors (Lipinski definition) is 4. The van der Waals surface area contributed by atoms with Crippen LogP contribution in [-0.2, 0) is 9.59 Å². The maximum Gasteiger partial charge on any atom is 0.329 e. The zero-order chi connectivity index (χ0) is 21.3. The standard InChI is InChI=1S/C22H18N4O4/c27-17-10-6-7-15(13-17)14-23-26-22(30)21(29)25-19-12-5-4-11-18(19)20(28)24-16-8-2-1-3-9-16/h1-14,27H,(H,24,28)(H,25,29)(H,26,30). The van der Waals surface area contributed by atoms with Crippen molar-refractivity contribution in [3.05, 3.63) is 90.0 Å². The molecule has 0 atom stereocenters. The molecule has 0 saturated heterocycles. The Morgan fingerprint density at radius 3 is 2.30 bits per heavy atom. The Morgan fingerprint density at radius 2 is 1.53 bits per heavy atom. The van der Waals surface area contributed by atoms with E-state index >= 15 is 0 Å². The number of nitrogens with zero attached hydrogens (tertiary/aromatic N) is 1. The van der Waals surface area contributed by atoms with E-state index in [-0.39, 0.29) is 17.0 Å². The largest absolute Gasteiger partial charge is 0.508 e. The first-order valence-corrected chi connectivity index (χ1v) is 8.92. The van der Waals surface area contributed by atoms with Gasteiger partial charge < -0.3 is 15.7 Å². The molecule has 0 fully saturated rings. The van der Waals surface area contributed by atoms with E-state index in [1.54, 1.807) is 48.5 Å². The summed E-state index contributed by atoms with van der Waals surface area (Å²) in [6.45, 7) is 0. The minimum Gasteiger partial charge on any atom is -0.508 e. The van der Waals surface area contributed by atoms with Gasteiger partial charge in [-0.15, -0.1) is 0 Å². The Kier molecular flexibility index (Phi) is 6.52. The molecule has 8 heteroatoms. The molecule has 8 nitrogen and oxygen atoms in total. The molecule has 0 unspecified atom stereocenters. The summed E-state index contributed by atoms with van der Waals surface area (Å²) in [7, 11) is 0. The number of rotatable bonds is 5. The number of nitrogens with one attached hydrogen (secondary N) is 3. The van der Waals surface area contributed by atoms with Gasteiger partial charge in [0.1, 0.15) is 5.75 Å². The predicted molar refractivity (Wildman–Crippen MR) is 113 cm³/mol. The van der Waals surface area contributed by atoms with Crippen molar-refractivity contribution in [1.29, 1.82) is 0 Å². The van der Waals surface area contributed by atoms with E-state index in [2.05, 4.69) is 21.2 Å². The Bertz CT molecular complexity index is 1100. The molecule has 0 spiro atoms. The molecule has 0 bridgehead atoms. The number of carbonyl (C=O) groups excluding carboxylic acids is 3. The van der Waals surface area contributed by atoms with Crippen molar-refractivity contribution < 1.29 is 19.5 Å². The number of amides is 3. The van der Waals surface area contributed by atoms with Crippen LogP contribution in [0.5, 0.6) is 5.75 Å². The van der Waals surface area contributed by atoms with Gasteiger partial charge in [-0.05, 0) is 42.0 Å². The molecule has 0 aromatic heterocycles. The van der Waals surface area contributed by atoms with Crippen LogP contribution in [0.1, 0.15) is 15.9 Å². The second-order valence-electron chi connectivity index (χ2n) is 6.11. The average Bonchev–Trinajstić information content (AvgIpc) is 2.74. The molecule has 0 saturated carbocycles. The molecule has 3 aromatic carbocycles. The lowest BCUT2D eigenvalue weighted by Gasteiger charge is -2.11. The molecular formula is C22H18N4O4. The highest BCUT2D eigenvalue weighted by Gasteiger charge is 2.17. The van der Waals surface area contributed by atoms with Gasteiger partial charge in [0, 0.05) is 5.69 Å². The van der Waals surface area contributed by atoms with E-state index < -0.39 is 17.7 Å². The van der Waals surface area contributed by atoms with Gasteiger partial charge in [0.2, 0.25) is 0 Å². The van der Waals surface area contributed by atoms with Crippen LogP contribution in [0, 0.1) is 0 Å². The van der Waals surface area contributed by atoms with E-state index in [0.29, 0.717) is 11.3 Å². The van der Waals surface area contributed by atoms with Crippen molar-refractivity contribution in [1.82, 2.24) is 5.43 Å². The number of phenolic OH excluding ortho intramolecular Hbond substituents is 1. The normalized spacial score (nSPS) is 10.4. The third-order valence-electron chi connectivity index (χ3n) is 3.91. The molecule has 3 amide bonds. The summed E-state index contributed by atoms with van der Waals surface area (Å²) in [6, 6.07) is 21.4. The number of para-hydroxylation sites is 2. The maximum absolute atomic E-state index is 12.5. The molecule has 0 radical (unpaired) electrons. The third-order valence-corrected chi connectivity index (χ3v) is 3.91. The van der Waals surface area contributed by atoms with Crippen LogP contribution < -0.4 is 16.1 Å². The number of benzene rings is 3. The van der Waals surface area contributed by atoms with Crippen LogP contribution >= 0.6 is 0 Å². The fraction of sp³-hybridized carbons (Fsp3) is 0. The first-order valence-electron chi connectivity index (χ1n) is 8.92. The lowest BCUT2D eigenvalue weighted by atomic mass is 10.1. The maximum atomic E-state index is 12.5. The highest BCUT2D eigenvalue weighted by atomic mass is 16.3. The monoisotopic (exact) mass is 402 g/mol. The molecule has 0 heterocycles. The van der Waals surface area contributed by atoms with Crippen LogP contribution in [0.2, 0.25) is 0 Å². The summed E-state index contributed by atoms with van der Waals surface area (Å²) in [4.78, 5) is 36.7. The van der Waals surface area contributed by atoms with Crippen LogP contribution in [0.25, 0.3) is 0 Å². The number of anilines is 2. The quantitative estimate of drug-likeness (QED) is 0.298. The topological polar surface area (TPSA) is 120 Å². The summed E-state index contributed by atoms with van der Waals surface area (Å²) in [6.07, 6.45) is 1.28. The number of hydrogen-bond acceptors (Lipinski definition) is 5. The van der Waals surface area contributed by atoms with E-state index in [1.165, 1.54) is 30.5 Å². The molecular weight excluding hydrogens is 384 g/mol. The van der Waals surface area contributed by atoms with Gasteiger partial charge in [-0.2, -0.15) is 5.10 Å². The Morgan fingerprint density at radius 1 is 0.800 bits per heavy atom. The van der Waals surface area contributed by atoms with Gasteiger partial charge in [0.05, 0.1) is 17.5 Å². The molecule has 3 rings (SSSR count). The van der Waals surface area contributed by atoms with E-state index in [4.69, 9.17) is 0 Å². The fourth-order valence-electron chi connectivity index (χ4n) is 2.51. The zero-order valence-corrected chi connectivity index (χ0v) is 15.7. The first-order chi connectivity index (χ1) is 14.5. The van der Waals surface area contributed by atoms with E-state index in [9.17, 15) is 19.5 Å². The number of hydrazone groups is 1. The SMILES string of the molecule is O=C(NN=Cc1cccc(O)c1)C(=O)Nc1ccccc1C(=O)Nc1ccccc1. The summed E-state index contributed by atoms with van der Waals surface area (Å²) in [5.74, 6) is -2.37. The van der Waals surface area contributed by atoms with Crippen LogP contribution in [-0.4, -0.2) is 29.0 Å². The summed E-state index contributed by atoms with van der Waals surface area (Å²) >= 11 is 0. The Hall–Kier alpha value is -4.46. The highest BCUT2D eigenvalue weighted by molar-refractivity contribution is 6.40. The molecule has 30 heavy (non-hydrogen) atoms. The molecule has 3 aromatic rings. The molecule has 0 aliphatic carbocycles. The van der Waals surface area contributed by atoms with Crippen LogP contribution in [0.15, 0.2) is 84.0 Å². The minimum atomic E-state index is -1.01. The van der Waals surface area contributed by atoms with Gasteiger partial charge in [-0.1, -0.05) is 42.5 Å². The van der Waals surface area contributed by atoms with Crippen molar-refractivity contribution in [2.75, 3.05) is 10.6 Å². The van der Waals surface area contributed by atoms with Crippen molar-refractivity contribution in [3.63, 3.8) is 0 Å². The van der Waals surface area contributed by atoms with Gasteiger partial charge >= 0.3 is 11.8 Å². The third kappa shape index (κ3) is 5.52. The Labute approximate surface area is 172 Å². The number of aromatic hydroxyl groups is 1. The number of carbonyl (C=O) groups is 3. The van der Waals surface area contributed by atoms with Crippen molar-refractivity contribution in [2.24, 2.45) is 5.10 Å². The van der Waals surface area contributed by atoms with Crippen molar-refractivity contribution in [3.8, 4) is 5.75 Å². The molecule has 0 aliphatic rings. The van der Waals surface area contributed by atoms with Crippen LogP contribution in [0.3, 0.4) is 0 Å². The first kappa shape index (κ1) is 20.3. The smallest absolute Gasteiger partial charge is 0.329 e. The van der Waals surface area contributed by atoms with Gasteiger partial charge in [-0.3, -0.25) is 14.4 Å². The highest BCUT2D eigenvalue weighted by Crippen LogP contribution is 2.17. The van der Waals surface area contributed by atoms with Crippen LogP contribution in [0.4, 0.5) is 11.4 Å². The molecule has 150 valence electrons. The van der Waals surface area contributed by atoms with E-state index in [1.807, 2.05) is 6.07 Å². The van der Waals surface area contributed by atoms with Gasteiger partial charge in [-0.25, -0.2) is 5.43 Å². The minimum absolute atomic E-state index is 0.0494. The second kappa shape index (κ2) is 9.65. The van der Waals surface area contributed by atoms with Gasteiger partial charge in [0.25, 0.3) is 5.91 Å². The second-order valence-corrected chi connectivity index (χ2v) is 6.11. The summed E-state index contributed by atoms with van der Waals surface area (Å²) in [5, 5.41) is 18.2. The van der Waals surface area contributed by atoms with Crippen molar-refractivity contribution >= 4 is 35.3 Å². The average molecular weight is 402 g/mol. The summed E-state index contributed by atoms with van der Waals surface area (Å²) in [5.41, 5.74) is 3.62. The number of phenols is 1. The Balaban J connectivity index is 1.63. The zero-order valence-electron chi connectivity index (χ0n) is 15.7. The van der Waals surface area contributed by atoms with Gasteiger partial charge in [0.15, 0.2) is 0 Å².